The highest BCUT2D eigenvalue weighted by Gasteiger charge is 2.13. The third-order valence-corrected chi connectivity index (χ3v) is 4.62. The van der Waals surface area contributed by atoms with Gasteiger partial charge in [-0.05, 0) is 67.3 Å². The first-order valence-corrected chi connectivity index (χ1v) is 9.43. The maximum atomic E-state index is 14.1. The fourth-order valence-electron chi connectivity index (χ4n) is 3.06. The highest BCUT2D eigenvalue weighted by molar-refractivity contribution is 5.66. The van der Waals surface area contributed by atoms with Crippen molar-refractivity contribution in [1.82, 2.24) is 10.4 Å². The van der Waals surface area contributed by atoms with Crippen molar-refractivity contribution in [2.45, 2.75) is 27.4 Å². The summed E-state index contributed by atoms with van der Waals surface area (Å²) in [5.41, 5.74) is 8.10. The number of hydrazine groups is 1. The zero-order chi connectivity index (χ0) is 22.1. The number of rotatable bonds is 6. The van der Waals surface area contributed by atoms with Gasteiger partial charge in [0, 0.05) is 18.8 Å². The molecule has 0 bridgehead atoms. The van der Waals surface area contributed by atoms with Crippen molar-refractivity contribution in [3.63, 3.8) is 0 Å². The van der Waals surface area contributed by atoms with Crippen LogP contribution in [0, 0.1) is 26.6 Å². The van der Waals surface area contributed by atoms with Gasteiger partial charge in [0.05, 0.1) is 5.69 Å². The summed E-state index contributed by atoms with van der Waals surface area (Å²) in [7, 11) is 1.88. The van der Waals surface area contributed by atoms with Crippen molar-refractivity contribution >= 4 is 12.1 Å². The molecule has 0 aliphatic rings. The number of carbonyl (C=O) groups is 1. The van der Waals surface area contributed by atoms with Crippen LogP contribution in [-0.2, 0) is 11.4 Å². The zero-order valence-electron chi connectivity index (χ0n) is 17.6. The standard InChI is InChI=1S/C22H23FN2O.CH4N2O/c1-14-7-5-9-20(24-4)22(14)26-13-17-11-16(3)18(12-15(17)2)21-19(23)8-6-10-25-21;2-3-1-4/h5-12,24H,13H2,1-4H3;1H,2H2,(H,3,4). The van der Waals surface area contributed by atoms with Gasteiger partial charge in [-0.15, -0.1) is 0 Å². The molecule has 1 amide bonds. The number of ether oxygens (including phenoxy) is 1. The number of aryl methyl sites for hydroxylation is 3. The fourth-order valence-corrected chi connectivity index (χ4v) is 3.06. The molecule has 2 aromatic carbocycles. The highest BCUT2D eigenvalue weighted by atomic mass is 19.1. The second-order valence-electron chi connectivity index (χ2n) is 6.70. The van der Waals surface area contributed by atoms with Crippen molar-refractivity contribution in [3.05, 3.63) is 76.7 Å². The molecule has 0 fully saturated rings. The first-order valence-electron chi connectivity index (χ1n) is 9.43. The Morgan fingerprint density at radius 2 is 1.83 bits per heavy atom. The number of nitrogens with one attached hydrogen (secondary N) is 2. The van der Waals surface area contributed by atoms with Crippen molar-refractivity contribution < 1.29 is 13.9 Å². The number of amides is 1. The Morgan fingerprint density at radius 1 is 1.10 bits per heavy atom. The van der Waals surface area contributed by atoms with Crippen molar-refractivity contribution in [3.8, 4) is 17.0 Å². The normalized spacial score (nSPS) is 9.93. The second kappa shape index (κ2) is 10.9. The topological polar surface area (TPSA) is 89.3 Å². The molecule has 0 saturated heterocycles. The molecule has 1 heterocycles. The lowest BCUT2D eigenvalue weighted by Crippen LogP contribution is -2.18. The van der Waals surface area contributed by atoms with Crippen LogP contribution in [0.15, 0.2) is 48.7 Å². The highest BCUT2D eigenvalue weighted by Crippen LogP contribution is 2.31. The molecule has 7 heteroatoms. The lowest BCUT2D eigenvalue weighted by molar-refractivity contribution is -0.109. The van der Waals surface area contributed by atoms with E-state index < -0.39 is 0 Å². The van der Waals surface area contributed by atoms with Gasteiger partial charge < -0.3 is 10.1 Å². The lowest BCUT2D eigenvalue weighted by atomic mass is 9.97. The Hall–Kier alpha value is -3.45. The number of hydrogen-bond donors (Lipinski definition) is 3. The van der Waals surface area contributed by atoms with Crippen molar-refractivity contribution in [2.75, 3.05) is 12.4 Å². The third kappa shape index (κ3) is 5.55. The van der Waals surface area contributed by atoms with E-state index in [0.29, 0.717) is 18.7 Å². The molecule has 158 valence electrons. The van der Waals surface area contributed by atoms with Gasteiger partial charge in [0.25, 0.3) is 0 Å². The Bertz CT molecular complexity index is 1010. The molecular weight excluding hydrogens is 383 g/mol. The van der Waals surface area contributed by atoms with Gasteiger partial charge in [-0.25, -0.2) is 10.2 Å². The third-order valence-electron chi connectivity index (χ3n) is 4.62. The van der Waals surface area contributed by atoms with Crippen LogP contribution in [0.4, 0.5) is 10.1 Å². The van der Waals surface area contributed by atoms with Gasteiger partial charge in [-0.1, -0.05) is 18.2 Å². The van der Waals surface area contributed by atoms with Crippen LogP contribution >= 0.6 is 0 Å². The Morgan fingerprint density at radius 3 is 2.47 bits per heavy atom. The summed E-state index contributed by atoms with van der Waals surface area (Å²) in [5, 5.41) is 3.16. The minimum absolute atomic E-state index is 0.308. The molecule has 0 aliphatic carbocycles. The number of halogens is 1. The van der Waals surface area contributed by atoms with Gasteiger partial charge in [0.1, 0.15) is 23.9 Å². The quantitative estimate of drug-likeness (QED) is 0.247. The number of anilines is 1. The predicted octanol–water partition coefficient (Wildman–Crippen LogP) is 4.04. The van der Waals surface area contributed by atoms with Crippen LogP contribution in [0.3, 0.4) is 0 Å². The molecule has 3 rings (SSSR count). The predicted molar refractivity (Wildman–Crippen MR) is 118 cm³/mol. The van der Waals surface area contributed by atoms with Gasteiger partial charge in [-0.3, -0.25) is 15.2 Å². The Kier molecular flexibility index (Phi) is 8.31. The van der Waals surface area contributed by atoms with Gasteiger partial charge >= 0.3 is 0 Å². The SMILES string of the molecule is CNc1cccc(C)c1OCc1cc(C)c(-c2ncccc2F)cc1C.NNC=O. The van der Waals surface area contributed by atoms with E-state index >= 15 is 0 Å². The van der Waals surface area contributed by atoms with E-state index in [-0.39, 0.29) is 5.82 Å². The number of hydrogen-bond acceptors (Lipinski definition) is 5. The Labute approximate surface area is 176 Å². The van der Waals surface area contributed by atoms with Crippen LogP contribution in [0.2, 0.25) is 0 Å². The lowest BCUT2D eigenvalue weighted by Gasteiger charge is -2.16. The number of nitrogens with two attached hydrogens (primary N) is 1. The monoisotopic (exact) mass is 410 g/mol. The smallest absolute Gasteiger partial charge is 0.221 e. The minimum atomic E-state index is -0.308. The van der Waals surface area contributed by atoms with Crippen LogP contribution in [0.1, 0.15) is 22.3 Å². The van der Waals surface area contributed by atoms with E-state index in [0.717, 1.165) is 39.3 Å². The van der Waals surface area contributed by atoms with E-state index in [9.17, 15) is 4.39 Å². The van der Waals surface area contributed by atoms with Gasteiger partial charge in [0.15, 0.2) is 0 Å². The molecule has 1 aromatic heterocycles. The maximum absolute atomic E-state index is 14.1. The van der Waals surface area contributed by atoms with Crippen LogP contribution in [0.25, 0.3) is 11.3 Å². The number of benzene rings is 2. The molecule has 0 aliphatic heterocycles. The second-order valence-corrected chi connectivity index (χ2v) is 6.70. The summed E-state index contributed by atoms with van der Waals surface area (Å²) in [5.74, 6) is 4.96. The van der Waals surface area contributed by atoms with E-state index in [1.807, 2.05) is 52.1 Å². The summed E-state index contributed by atoms with van der Waals surface area (Å²) in [6, 6.07) is 13.1. The first-order chi connectivity index (χ1) is 14.4. The molecule has 0 unspecified atom stereocenters. The molecule has 0 atom stereocenters. The fraction of sp³-hybridized carbons (Fsp3) is 0.217. The molecule has 4 N–H and O–H groups in total. The number of nitrogens with zero attached hydrogens (tertiary/aromatic N) is 1. The van der Waals surface area contributed by atoms with E-state index in [4.69, 9.17) is 9.53 Å². The zero-order valence-corrected chi connectivity index (χ0v) is 17.6. The minimum Gasteiger partial charge on any atom is -0.486 e. The number of pyridine rings is 1. The molecule has 0 spiro atoms. The molecule has 6 nitrogen and oxygen atoms in total. The summed E-state index contributed by atoms with van der Waals surface area (Å²) < 4.78 is 20.2. The summed E-state index contributed by atoms with van der Waals surface area (Å²) in [6.07, 6.45) is 2.02. The Balaban J connectivity index is 0.000000735. The largest absolute Gasteiger partial charge is 0.486 e. The van der Waals surface area contributed by atoms with E-state index in [1.54, 1.807) is 17.7 Å². The molecule has 0 saturated carbocycles. The van der Waals surface area contributed by atoms with Gasteiger partial charge in [0.2, 0.25) is 6.41 Å². The molecule has 0 radical (unpaired) electrons. The summed E-state index contributed by atoms with van der Waals surface area (Å²) in [4.78, 5) is 13.1. The van der Waals surface area contributed by atoms with Gasteiger partial charge in [-0.2, -0.15) is 0 Å². The van der Waals surface area contributed by atoms with Crippen molar-refractivity contribution in [1.29, 1.82) is 0 Å². The number of aromatic nitrogens is 1. The summed E-state index contributed by atoms with van der Waals surface area (Å²) in [6.45, 7) is 6.47. The molecule has 3 aromatic rings. The molecule has 30 heavy (non-hydrogen) atoms. The van der Waals surface area contributed by atoms with Crippen LogP contribution in [-0.4, -0.2) is 18.4 Å². The number of carbonyl (C=O) groups excluding carboxylic acids is 1. The van der Waals surface area contributed by atoms with Crippen molar-refractivity contribution in [2.24, 2.45) is 5.84 Å². The van der Waals surface area contributed by atoms with Crippen LogP contribution < -0.4 is 21.3 Å². The first kappa shape index (κ1) is 22.8. The average Bonchev–Trinajstić information content (AvgIpc) is 2.75. The average molecular weight is 410 g/mol. The van der Waals surface area contributed by atoms with E-state index in [2.05, 4.69) is 22.2 Å². The number of para-hydroxylation sites is 1. The maximum Gasteiger partial charge on any atom is 0.221 e. The molecular formula is C23H27FN4O2. The van der Waals surface area contributed by atoms with E-state index in [1.165, 1.54) is 6.07 Å². The van der Waals surface area contributed by atoms with Crippen LogP contribution in [0.5, 0.6) is 5.75 Å². The summed E-state index contributed by atoms with van der Waals surface area (Å²) >= 11 is 0.